The van der Waals surface area contributed by atoms with Gasteiger partial charge in [-0.05, 0) is 25.1 Å². The van der Waals surface area contributed by atoms with Crippen LogP contribution in [0.1, 0.15) is 17.3 Å². The molecule has 0 atom stereocenters. The number of nitrogens with zero attached hydrogens (tertiary/aromatic N) is 1. The van der Waals surface area contributed by atoms with Gasteiger partial charge in [-0.25, -0.2) is 9.18 Å². The van der Waals surface area contributed by atoms with Crippen molar-refractivity contribution in [1.82, 2.24) is 9.38 Å². The van der Waals surface area contributed by atoms with Gasteiger partial charge in [0.05, 0.1) is 23.2 Å². The zero-order chi connectivity index (χ0) is 15.3. The van der Waals surface area contributed by atoms with Crippen LogP contribution in [0.15, 0.2) is 42.5 Å². The van der Waals surface area contributed by atoms with Crippen molar-refractivity contribution in [2.45, 2.75) is 6.92 Å². The maximum absolute atomic E-state index is 13.6. The quantitative estimate of drug-likeness (QED) is 0.570. The van der Waals surface area contributed by atoms with Crippen LogP contribution in [0.2, 0.25) is 0 Å². The van der Waals surface area contributed by atoms with Gasteiger partial charge in [0, 0.05) is 11.5 Å². The number of ether oxygens (including phenoxy) is 1. The third-order valence-corrected chi connectivity index (χ3v) is 3.81. The summed E-state index contributed by atoms with van der Waals surface area (Å²) in [4.78, 5) is 15.5. The van der Waals surface area contributed by atoms with Crippen LogP contribution in [0.25, 0.3) is 27.6 Å². The van der Waals surface area contributed by atoms with E-state index in [4.69, 9.17) is 4.74 Å². The number of benzene rings is 2. The van der Waals surface area contributed by atoms with E-state index in [1.807, 2.05) is 28.7 Å². The number of fused-ring (bicyclic) bond motifs is 5. The Bertz CT molecular complexity index is 1030. The number of hydrogen-bond donors (Lipinski definition) is 1. The number of H-pyrrole nitrogens is 1. The number of rotatable bonds is 2. The summed E-state index contributed by atoms with van der Waals surface area (Å²) in [6.07, 6.45) is 0. The Morgan fingerprint density at radius 3 is 2.86 bits per heavy atom. The molecule has 4 rings (SSSR count). The molecule has 0 amide bonds. The van der Waals surface area contributed by atoms with E-state index in [0.29, 0.717) is 23.3 Å². The number of para-hydroxylation sites is 1. The summed E-state index contributed by atoms with van der Waals surface area (Å²) in [5.74, 6) is -0.697. The second-order valence-corrected chi connectivity index (χ2v) is 5.08. The van der Waals surface area contributed by atoms with Crippen molar-refractivity contribution in [2.75, 3.05) is 6.61 Å². The summed E-state index contributed by atoms with van der Waals surface area (Å²) in [6, 6.07) is 12.1. The van der Waals surface area contributed by atoms with E-state index in [-0.39, 0.29) is 11.8 Å². The number of halogens is 1. The van der Waals surface area contributed by atoms with Gasteiger partial charge in [-0.2, -0.15) is 0 Å². The lowest BCUT2D eigenvalue weighted by Gasteiger charge is -2.00. The van der Waals surface area contributed by atoms with E-state index < -0.39 is 0 Å². The van der Waals surface area contributed by atoms with E-state index in [1.54, 1.807) is 13.0 Å². The number of hydrogen-bond acceptors (Lipinski definition) is 2. The number of aromatic nitrogens is 2. The second-order valence-electron chi connectivity index (χ2n) is 5.08. The number of esters is 1. The van der Waals surface area contributed by atoms with Gasteiger partial charge in [-0.1, -0.05) is 18.2 Å². The molecule has 0 aliphatic heterocycles. The lowest BCUT2D eigenvalue weighted by atomic mass is 10.1. The van der Waals surface area contributed by atoms with Crippen LogP contribution in [-0.2, 0) is 4.74 Å². The zero-order valence-corrected chi connectivity index (χ0v) is 11.9. The fourth-order valence-electron chi connectivity index (χ4n) is 2.94. The Morgan fingerprint density at radius 1 is 1.23 bits per heavy atom. The molecule has 22 heavy (non-hydrogen) atoms. The fourth-order valence-corrected chi connectivity index (χ4v) is 2.94. The topological polar surface area (TPSA) is 46.5 Å². The third kappa shape index (κ3) is 1.65. The highest BCUT2D eigenvalue weighted by molar-refractivity contribution is 6.13. The lowest BCUT2D eigenvalue weighted by Crippen LogP contribution is -2.04. The van der Waals surface area contributed by atoms with Crippen LogP contribution in [0.3, 0.4) is 0 Å². The number of carbonyl (C=O) groups excluding carboxylic acids is 1. The van der Waals surface area contributed by atoms with Crippen LogP contribution in [-0.4, -0.2) is 22.0 Å². The van der Waals surface area contributed by atoms with E-state index >= 15 is 0 Å². The van der Waals surface area contributed by atoms with Crippen LogP contribution in [0.5, 0.6) is 0 Å². The second kappa shape index (κ2) is 4.59. The van der Waals surface area contributed by atoms with Crippen LogP contribution < -0.4 is 0 Å². The molecule has 4 aromatic rings. The molecule has 2 heterocycles. The number of nitrogens with one attached hydrogen (secondary N) is 1. The monoisotopic (exact) mass is 296 g/mol. The predicted octanol–water partition coefficient (Wildman–Crippen LogP) is 3.89. The highest BCUT2D eigenvalue weighted by Gasteiger charge is 2.22. The van der Waals surface area contributed by atoms with E-state index in [2.05, 4.69) is 4.98 Å². The van der Waals surface area contributed by atoms with Crippen molar-refractivity contribution in [3.63, 3.8) is 0 Å². The van der Waals surface area contributed by atoms with Crippen molar-refractivity contribution in [1.29, 1.82) is 0 Å². The first kappa shape index (κ1) is 12.9. The molecule has 0 fully saturated rings. The molecule has 2 aromatic carbocycles. The summed E-state index contributed by atoms with van der Waals surface area (Å²) in [6.45, 7) is 2.08. The first-order valence-electron chi connectivity index (χ1n) is 7.08. The van der Waals surface area contributed by atoms with Gasteiger partial charge in [0.2, 0.25) is 0 Å². The first-order chi connectivity index (χ1) is 10.7. The van der Waals surface area contributed by atoms with E-state index in [0.717, 1.165) is 16.4 Å². The molecular weight excluding hydrogens is 283 g/mol. The molecule has 110 valence electrons. The van der Waals surface area contributed by atoms with Gasteiger partial charge in [-0.15, -0.1) is 0 Å². The minimum absolute atomic E-state index is 0.305. The predicted molar refractivity (Wildman–Crippen MR) is 82.7 cm³/mol. The largest absolute Gasteiger partial charge is 0.462 e. The Labute approximate surface area is 125 Å². The molecule has 5 heteroatoms. The Morgan fingerprint density at radius 2 is 2.05 bits per heavy atom. The summed E-state index contributed by atoms with van der Waals surface area (Å²) in [5.41, 5.74) is 3.42. The highest BCUT2D eigenvalue weighted by Crippen LogP contribution is 2.31. The minimum Gasteiger partial charge on any atom is -0.462 e. The minimum atomic E-state index is -0.381. The molecule has 2 aromatic heterocycles. The van der Waals surface area contributed by atoms with Crippen molar-refractivity contribution < 1.29 is 13.9 Å². The molecule has 4 nitrogen and oxygen atoms in total. The number of carbonyl (C=O) groups is 1. The Kier molecular flexibility index (Phi) is 2.69. The molecule has 0 spiro atoms. The van der Waals surface area contributed by atoms with Crippen molar-refractivity contribution in [2.24, 2.45) is 0 Å². The summed E-state index contributed by atoms with van der Waals surface area (Å²) >= 11 is 0. The van der Waals surface area contributed by atoms with Crippen LogP contribution in [0.4, 0.5) is 4.39 Å². The molecule has 0 aliphatic rings. The van der Waals surface area contributed by atoms with E-state index in [1.165, 1.54) is 12.1 Å². The smallest absolute Gasteiger partial charge is 0.342 e. The van der Waals surface area contributed by atoms with Gasteiger partial charge in [0.15, 0.2) is 0 Å². The van der Waals surface area contributed by atoms with Crippen molar-refractivity contribution in [3.05, 3.63) is 53.8 Å². The third-order valence-electron chi connectivity index (χ3n) is 3.81. The maximum Gasteiger partial charge on any atom is 0.342 e. The highest BCUT2D eigenvalue weighted by atomic mass is 19.1. The summed E-state index contributed by atoms with van der Waals surface area (Å²) in [5, 5.41) is 0.790. The van der Waals surface area contributed by atoms with Gasteiger partial charge in [0.25, 0.3) is 0 Å². The maximum atomic E-state index is 13.6. The molecule has 0 radical (unpaired) electrons. The van der Waals surface area contributed by atoms with Crippen molar-refractivity contribution in [3.8, 4) is 0 Å². The van der Waals surface area contributed by atoms with E-state index in [9.17, 15) is 9.18 Å². The molecular formula is C17H13FN2O2. The SMILES string of the molecule is CCOC(=O)c1c2ccccc2n2c1[nH]c1ccc(F)cc12. The number of aromatic amines is 1. The van der Waals surface area contributed by atoms with Crippen LogP contribution >= 0.6 is 0 Å². The standard InChI is InChI=1S/C17H13FN2O2/c1-2-22-17(21)15-11-5-3-4-6-13(11)20-14-9-10(18)7-8-12(14)19-16(15)20/h3-9,19H,2H2,1H3. The Balaban J connectivity index is 2.20. The molecule has 0 bridgehead atoms. The van der Waals surface area contributed by atoms with Gasteiger partial charge >= 0.3 is 5.97 Å². The first-order valence-corrected chi connectivity index (χ1v) is 7.08. The normalized spacial score (nSPS) is 11.5. The summed E-state index contributed by atoms with van der Waals surface area (Å²) in [7, 11) is 0. The molecule has 0 aliphatic carbocycles. The Hall–Kier alpha value is -2.82. The fraction of sp³-hybridized carbons (Fsp3) is 0.118. The zero-order valence-electron chi connectivity index (χ0n) is 11.9. The van der Waals surface area contributed by atoms with Crippen LogP contribution in [0, 0.1) is 5.82 Å². The summed E-state index contributed by atoms with van der Waals surface area (Å²) < 4.78 is 20.6. The van der Waals surface area contributed by atoms with Gasteiger partial charge in [0.1, 0.15) is 17.0 Å². The van der Waals surface area contributed by atoms with Gasteiger partial charge in [-0.3, -0.25) is 4.40 Å². The molecule has 0 saturated heterocycles. The van der Waals surface area contributed by atoms with Crippen molar-refractivity contribution >= 4 is 33.6 Å². The average Bonchev–Trinajstić information content (AvgIpc) is 3.01. The molecule has 1 N–H and O–H groups in total. The number of imidazole rings is 1. The molecule has 0 unspecified atom stereocenters. The van der Waals surface area contributed by atoms with Gasteiger partial charge < -0.3 is 9.72 Å². The lowest BCUT2D eigenvalue weighted by molar-refractivity contribution is 0.0530. The molecule has 0 saturated carbocycles. The average molecular weight is 296 g/mol.